The number of aliphatic hydroxyl groups is 2. The minimum absolute atomic E-state index is 0.00162. The molecule has 34 heavy (non-hydrogen) atoms. The average Bonchev–Trinajstić information content (AvgIpc) is 2.89. The van der Waals surface area contributed by atoms with Gasteiger partial charge in [-0.2, -0.15) is 11.8 Å². The van der Waals surface area contributed by atoms with E-state index in [1.165, 1.54) is 6.20 Å². The molecule has 0 spiro atoms. The van der Waals surface area contributed by atoms with Crippen molar-refractivity contribution in [3.8, 4) is 0 Å². The van der Waals surface area contributed by atoms with Crippen molar-refractivity contribution in [2.75, 3.05) is 23.4 Å². The van der Waals surface area contributed by atoms with Crippen molar-refractivity contribution >= 4 is 23.4 Å². The molecule has 3 aromatic rings. The molecule has 7 nitrogen and oxygen atoms in total. The van der Waals surface area contributed by atoms with Crippen molar-refractivity contribution in [3.05, 3.63) is 95.3 Å². The number of amides is 1. The van der Waals surface area contributed by atoms with E-state index >= 15 is 0 Å². The number of aromatic nitrogens is 1. The highest BCUT2D eigenvalue weighted by molar-refractivity contribution is 7.99. The number of rotatable bonds is 9. The highest BCUT2D eigenvalue weighted by Crippen LogP contribution is 2.39. The molecule has 1 saturated heterocycles. The molecule has 1 amide bonds. The smallest absolute Gasteiger partial charge is 0.257 e. The Labute approximate surface area is 203 Å². The van der Waals surface area contributed by atoms with Crippen LogP contribution in [0.1, 0.15) is 45.9 Å². The first-order valence-electron chi connectivity index (χ1n) is 11.2. The van der Waals surface area contributed by atoms with Gasteiger partial charge in [0.15, 0.2) is 6.29 Å². The van der Waals surface area contributed by atoms with Crippen LogP contribution < -0.4 is 5.32 Å². The molecule has 0 radical (unpaired) electrons. The lowest BCUT2D eigenvalue weighted by atomic mass is 10.0. The molecule has 1 aliphatic heterocycles. The van der Waals surface area contributed by atoms with Crippen LogP contribution in [0.4, 0.5) is 5.69 Å². The molecule has 8 heteroatoms. The highest BCUT2D eigenvalue weighted by Gasteiger charge is 2.32. The van der Waals surface area contributed by atoms with E-state index in [2.05, 4.69) is 10.3 Å². The van der Waals surface area contributed by atoms with E-state index in [1.807, 2.05) is 48.5 Å². The Kier molecular flexibility index (Phi) is 8.67. The summed E-state index contributed by atoms with van der Waals surface area (Å²) in [6.45, 7) is 0.136. The SMILES string of the molecule is O=C(Nc1ccc([C@H]2O[C@@H](CSCCO)C[C@@H](c3ccc(CO)cc3)O2)cc1)c1cccnc1. The summed E-state index contributed by atoms with van der Waals surface area (Å²) in [5.74, 6) is 1.19. The summed E-state index contributed by atoms with van der Waals surface area (Å²) in [5.41, 5.74) is 3.89. The number of carbonyl (C=O) groups excluding carboxylic acids is 1. The average molecular weight is 481 g/mol. The van der Waals surface area contributed by atoms with Crippen LogP contribution in [0, 0.1) is 0 Å². The fraction of sp³-hybridized carbons (Fsp3) is 0.308. The largest absolute Gasteiger partial charge is 0.396 e. The first kappa shape index (κ1) is 24.4. The summed E-state index contributed by atoms with van der Waals surface area (Å²) in [6.07, 6.45) is 3.10. The fourth-order valence-electron chi connectivity index (χ4n) is 3.73. The number of pyridine rings is 1. The zero-order chi connectivity index (χ0) is 23.8. The van der Waals surface area contributed by atoms with Crippen LogP contribution in [0.5, 0.6) is 0 Å². The molecule has 178 valence electrons. The second-order valence-corrected chi connectivity index (χ2v) is 9.12. The molecule has 4 rings (SSSR count). The summed E-state index contributed by atoms with van der Waals surface area (Å²) >= 11 is 1.65. The third kappa shape index (κ3) is 6.43. The molecule has 0 bridgehead atoms. The fourth-order valence-corrected chi connectivity index (χ4v) is 4.50. The Bertz CT molecular complexity index is 1050. The normalized spacial score (nSPS) is 20.1. The van der Waals surface area contributed by atoms with Crippen molar-refractivity contribution < 1.29 is 24.5 Å². The zero-order valence-corrected chi connectivity index (χ0v) is 19.5. The summed E-state index contributed by atoms with van der Waals surface area (Å²) in [7, 11) is 0. The standard InChI is InChI=1S/C26H28N2O5S/c29-12-13-34-17-23-14-24(19-5-3-18(16-30)4-6-19)33-26(32-23)20-7-9-22(10-8-20)28-25(31)21-2-1-11-27-15-21/h1-11,15,23-24,26,29-30H,12-14,16-17H2,(H,28,31)/t23-,24+,26+/m1/s1. The van der Waals surface area contributed by atoms with Crippen LogP contribution in [0.25, 0.3) is 0 Å². The summed E-state index contributed by atoms with van der Waals surface area (Å²) in [4.78, 5) is 16.4. The van der Waals surface area contributed by atoms with Gasteiger partial charge in [0.25, 0.3) is 5.91 Å². The predicted molar refractivity (Wildman–Crippen MR) is 131 cm³/mol. The molecular formula is C26H28N2O5S. The zero-order valence-electron chi connectivity index (χ0n) is 18.7. The molecule has 2 heterocycles. The van der Waals surface area contributed by atoms with Crippen LogP contribution in [0.2, 0.25) is 0 Å². The molecule has 0 unspecified atom stereocenters. The van der Waals surface area contributed by atoms with Gasteiger partial charge in [0.05, 0.1) is 31.0 Å². The van der Waals surface area contributed by atoms with E-state index in [-0.39, 0.29) is 31.3 Å². The topological polar surface area (TPSA) is 101 Å². The number of benzene rings is 2. The quantitative estimate of drug-likeness (QED) is 0.397. The number of aliphatic hydroxyl groups excluding tert-OH is 2. The molecule has 3 atom stereocenters. The minimum Gasteiger partial charge on any atom is -0.396 e. The number of hydrogen-bond donors (Lipinski definition) is 3. The number of thioether (sulfide) groups is 1. The van der Waals surface area contributed by atoms with Gasteiger partial charge in [-0.15, -0.1) is 0 Å². The minimum atomic E-state index is -0.556. The maximum atomic E-state index is 12.4. The maximum Gasteiger partial charge on any atom is 0.257 e. The van der Waals surface area contributed by atoms with E-state index in [9.17, 15) is 9.90 Å². The third-order valence-electron chi connectivity index (χ3n) is 5.52. The summed E-state index contributed by atoms with van der Waals surface area (Å²) < 4.78 is 12.6. The van der Waals surface area contributed by atoms with Gasteiger partial charge in [-0.25, -0.2) is 0 Å². The van der Waals surface area contributed by atoms with Crippen molar-refractivity contribution in [1.82, 2.24) is 4.98 Å². The maximum absolute atomic E-state index is 12.4. The van der Waals surface area contributed by atoms with Gasteiger partial charge in [0.2, 0.25) is 0 Å². The molecule has 1 aliphatic rings. The van der Waals surface area contributed by atoms with Gasteiger partial charge in [-0.05, 0) is 35.4 Å². The Hall–Kier alpha value is -2.75. The first-order valence-corrected chi connectivity index (χ1v) is 12.3. The third-order valence-corrected chi connectivity index (χ3v) is 6.60. The van der Waals surface area contributed by atoms with Crippen LogP contribution in [0.15, 0.2) is 73.1 Å². The van der Waals surface area contributed by atoms with Gasteiger partial charge < -0.3 is 25.0 Å². The van der Waals surface area contributed by atoms with E-state index in [1.54, 1.807) is 30.1 Å². The van der Waals surface area contributed by atoms with Gasteiger partial charge in [0.1, 0.15) is 0 Å². The van der Waals surface area contributed by atoms with Gasteiger partial charge in [-0.1, -0.05) is 36.4 Å². The molecule has 0 saturated carbocycles. The van der Waals surface area contributed by atoms with Crippen molar-refractivity contribution in [2.24, 2.45) is 0 Å². The van der Waals surface area contributed by atoms with E-state index in [0.717, 1.165) is 22.4 Å². The Balaban J connectivity index is 1.47. The van der Waals surface area contributed by atoms with Crippen LogP contribution in [-0.4, -0.2) is 45.3 Å². The lowest BCUT2D eigenvalue weighted by molar-refractivity contribution is -0.245. The molecule has 0 aliphatic carbocycles. The monoisotopic (exact) mass is 480 g/mol. The molecule has 1 fully saturated rings. The molecular weight excluding hydrogens is 452 g/mol. The lowest BCUT2D eigenvalue weighted by Crippen LogP contribution is -2.31. The van der Waals surface area contributed by atoms with Crippen LogP contribution in [-0.2, 0) is 16.1 Å². The van der Waals surface area contributed by atoms with Crippen LogP contribution in [0.3, 0.4) is 0 Å². The molecule has 3 N–H and O–H groups in total. The number of nitrogens with zero attached hydrogens (tertiary/aromatic N) is 1. The van der Waals surface area contributed by atoms with E-state index < -0.39 is 6.29 Å². The Morgan fingerprint density at radius 3 is 2.47 bits per heavy atom. The molecule has 1 aromatic heterocycles. The number of nitrogens with one attached hydrogen (secondary N) is 1. The first-order chi connectivity index (χ1) is 16.7. The van der Waals surface area contributed by atoms with E-state index in [0.29, 0.717) is 23.4 Å². The second-order valence-electron chi connectivity index (χ2n) is 7.97. The van der Waals surface area contributed by atoms with Gasteiger partial charge >= 0.3 is 0 Å². The van der Waals surface area contributed by atoms with Gasteiger partial charge in [-0.3, -0.25) is 9.78 Å². The lowest BCUT2D eigenvalue weighted by Gasteiger charge is -2.36. The number of carbonyl (C=O) groups is 1. The number of ether oxygens (including phenoxy) is 2. The van der Waals surface area contributed by atoms with Crippen molar-refractivity contribution in [3.63, 3.8) is 0 Å². The Morgan fingerprint density at radius 2 is 1.79 bits per heavy atom. The number of hydrogen-bond acceptors (Lipinski definition) is 7. The van der Waals surface area contributed by atoms with Gasteiger partial charge in [0, 0.05) is 41.6 Å². The van der Waals surface area contributed by atoms with Crippen molar-refractivity contribution in [1.29, 1.82) is 0 Å². The van der Waals surface area contributed by atoms with Crippen LogP contribution >= 0.6 is 11.8 Å². The summed E-state index contributed by atoms with van der Waals surface area (Å²) in [5, 5.41) is 21.3. The predicted octanol–water partition coefficient (Wildman–Crippen LogP) is 4.10. The number of anilines is 1. The highest BCUT2D eigenvalue weighted by atomic mass is 32.2. The molecule has 2 aromatic carbocycles. The summed E-state index contributed by atoms with van der Waals surface area (Å²) in [6, 6.07) is 18.6. The Morgan fingerprint density at radius 1 is 1.03 bits per heavy atom. The van der Waals surface area contributed by atoms with E-state index in [4.69, 9.17) is 14.6 Å². The second kappa shape index (κ2) is 12.1. The van der Waals surface area contributed by atoms with Crippen molar-refractivity contribution in [2.45, 2.75) is 31.5 Å².